The molecule has 0 fully saturated rings. The first-order valence-electron chi connectivity index (χ1n) is 6.80. The fourth-order valence-electron chi connectivity index (χ4n) is 1.93. The van der Waals surface area contributed by atoms with Gasteiger partial charge in [0, 0.05) is 18.7 Å². The summed E-state index contributed by atoms with van der Waals surface area (Å²) in [6, 6.07) is 6.83. The lowest BCUT2D eigenvalue weighted by Gasteiger charge is -2.18. The minimum Gasteiger partial charge on any atom is -0.372 e. The molecule has 2 nitrogen and oxygen atoms in total. The van der Waals surface area contributed by atoms with Gasteiger partial charge in [-0.15, -0.1) is 0 Å². The first-order chi connectivity index (χ1) is 8.79. The van der Waals surface area contributed by atoms with E-state index in [1.807, 2.05) is 13.1 Å². The molecule has 0 aromatic heterocycles. The van der Waals surface area contributed by atoms with E-state index in [2.05, 4.69) is 12.2 Å². The second-order valence-electron chi connectivity index (χ2n) is 4.50. The third kappa shape index (κ3) is 5.15. The smallest absolute Gasteiger partial charge is 0.129 e. The molecule has 1 unspecified atom stereocenters. The van der Waals surface area contributed by atoms with Crippen molar-refractivity contribution in [2.45, 2.75) is 38.7 Å². The van der Waals surface area contributed by atoms with Crippen LogP contribution in [0.1, 0.15) is 44.3 Å². The molecule has 1 rings (SSSR count). The highest BCUT2D eigenvalue weighted by Gasteiger charge is 2.14. The van der Waals surface area contributed by atoms with Gasteiger partial charge in [0.25, 0.3) is 0 Å². The van der Waals surface area contributed by atoms with Crippen LogP contribution in [0.3, 0.4) is 0 Å². The SMILES string of the molecule is CCCCCCOC(CNC)c1ccccc1F. The highest BCUT2D eigenvalue weighted by Crippen LogP contribution is 2.20. The average molecular weight is 253 g/mol. The van der Waals surface area contributed by atoms with E-state index in [4.69, 9.17) is 4.74 Å². The van der Waals surface area contributed by atoms with Gasteiger partial charge in [0.05, 0.1) is 6.10 Å². The second-order valence-corrected chi connectivity index (χ2v) is 4.50. The predicted molar refractivity (Wildman–Crippen MR) is 73.2 cm³/mol. The number of benzene rings is 1. The fourth-order valence-corrected chi connectivity index (χ4v) is 1.93. The van der Waals surface area contributed by atoms with Crippen molar-refractivity contribution in [3.63, 3.8) is 0 Å². The molecular weight excluding hydrogens is 229 g/mol. The molecule has 0 heterocycles. The van der Waals surface area contributed by atoms with E-state index in [1.165, 1.54) is 25.3 Å². The zero-order chi connectivity index (χ0) is 13.2. The van der Waals surface area contributed by atoms with Crippen molar-refractivity contribution in [3.8, 4) is 0 Å². The molecular formula is C15H24FNO. The summed E-state index contributed by atoms with van der Waals surface area (Å²) in [4.78, 5) is 0. The quantitative estimate of drug-likeness (QED) is 0.678. The molecule has 0 aliphatic heterocycles. The Morgan fingerprint density at radius 2 is 2.00 bits per heavy atom. The monoisotopic (exact) mass is 253 g/mol. The van der Waals surface area contributed by atoms with Crippen LogP contribution in [0.5, 0.6) is 0 Å². The van der Waals surface area contributed by atoms with Crippen LogP contribution in [0.25, 0.3) is 0 Å². The zero-order valence-corrected chi connectivity index (χ0v) is 11.4. The lowest BCUT2D eigenvalue weighted by molar-refractivity contribution is 0.0488. The number of unbranched alkanes of at least 4 members (excludes halogenated alkanes) is 3. The fraction of sp³-hybridized carbons (Fsp3) is 0.600. The minimum absolute atomic E-state index is 0.189. The van der Waals surface area contributed by atoms with Crippen LogP contribution in [-0.2, 0) is 4.74 Å². The molecule has 1 aromatic carbocycles. The maximum Gasteiger partial charge on any atom is 0.129 e. The van der Waals surface area contributed by atoms with Crippen LogP contribution >= 0.6 is 0 Å². The highest BCUT2D eigenvalue weighted by atomic mass is 19.1. The van der Waals surface area contributed by atoms with Crippen LogP contribution < -0.4 is 5.32 Å². The maximum atomic E-state index is 13.7. The molecule has 0 saturated carbocycles. The summed E-state index contributed by atoms with van der Waals surface area (Å²) in [6.45, 7) is 3.51. The maximum absolute atomic E-state index is 13.7. The van der Waals surface area contributed by atoms with E-state index in [-0.39, 0.29) is 11.9 Å². The Kier molecular flexibility index (Phi) is 7.62. The Bertz CT molecular complexity index is 330. The van der Waals surface area contributed by atoms with Gasteiger partial charge >= 0.3 is 0 Å². The zero-order valence-electron chi connectivity index (χ0n) is 11.4. The largest absolute Gasteiger partial charge is 0.372 e. The Morgan fingerprint density at radius 3 is 2.67 bits per heavy atom. The van der Waals surface area contributed by atoms with Gasteiger partial charge in [-0.05, 0) is 19.5 Å². The summed E-state index contributed by atoms with van der Waals surface area (Å²) in [7, 11) is 1.86. The lowest BCUT2D eigenvalue weighted by atomic mass is 10.1. The number of ether oxygens (including phenoxy) is 1. The van der Waals surface area contributed by atoms with Gasteiger partial charge in [-0.1, -0.05) is 44.4 Å². The van der Waals surface area contributed by atoms with Crippen molar-refractivity contribution >= 4 is 0 Å². The summed E-state index contributed by atoms with van der Waals surface area (Å²) in [6.07, 6.45) is 4.48. The highest BCUT2D eigenvalue weighted by molar-refractivity contribution is 5.20. The molecule has 102 valence electrons. The van der Waals surface area contributed by atoms with Crippen molar-refractivity contribution in [1.82, 2.24) is 5.32 Å². The molecule has 0 bridgehead atoms. The molecule has 0 amide bonds. The molecule has 0 aliphatic carbocycles. The summed E-state index contributed by atoms with van der Waals surface area (Å²) in [5, 5.41) is 3.05. The first-order valence-corrected chi connectivity index (χ1v) is 6.80. The molecule has 1 atom stereocenters. The summed E-state index contributed by atoms with van der Waals surface area (Å²) >= 11 is 0. The van der Waals surface area contributed by atoms with E-state index < -0.39 is 0 Å². The molecule has 0 radical (unpaired) electrons. The molecule has 0 spiro atoms. The number of likely N-dealkylation sites (N-methyl/N-ethyl adjacent to an activating group) is 1. The van der Waals surface area contributed by atoms with Crippen LogP contribution in [0.15, 0.2) is 24.3 Å². The van der Waals surface area contributed by atoms with Gasteiger partial charge in [-0.25, -0.2) is 4.39 Å². The summed E-state index contributed by atoms with van der Waals surface area (Å²) in [5.74, 6) is -0.189. The number of rotatable bonds is 9. The van der Waals surface area contributed by atoms with Crippen LogP contribution in [0.2, 0.25) is 0 Å². The summed E-state index contributed by atoms with van der Waals surface area (Å²) in [5.41, 5.74) is 0.641. The molecule has 3 heteroatoms. The number of nitrogens with one attached hydrogen (secondary N) is 1. The number of halogens is 1. The molecule has 0 saturated heterocycles. The number of hydrogen-bond acceptors (Lipinski definition) is 2. The van der Waals surface area contributed by atoms with Crippen LogP contribution in [0, 0.1) is 5.82 Å². The Morgan fingerprint density at radius 1 is 1.22 bits per heavy atom. The van der Waals surface area contributed by atoms with Gasteiger partial charge < -0.3 is 10.1 Å². The van der Waals surface area contributed by atoms with E-state index >= 15 is 0 Å². The number of hydrogen-bond donors (Lipinski definition) is 1. The van der Waals surface area contributed by atoms with E-state index in [0.29, 0.717) is 18.7 Å². The van der Waals surface area contributed by atoms with Crippen molar-refractivity contribution in [1.29, 1.82) is 0 Å². The molecule has 1 aromatic rings. The van der Waals surface area contributed by atoms with Crippen LogP contribution in [0.4, 0.5) is 4.39 Å². The topological polar surface area (TPSA) is 21.3 Å². The standard InChI is InChI=1S/C15H24FNO/c1-3-4-5-8-11-18-15(12-17-2)13-9-6-7-10-14(13)16/h6-7,9-10,15,17H,3-5,8,11-12H2,1-2H3. The third-order valence-corrected chi connectivity index (χ3v) is 2.96. The van der Waals surface area contributed by atoms with Gasteiger partial charge in [-0.2, -0.15) is 0 Å². The predicted octanol–water partition coefficient (Wildman–Crippen LogP) is 3.68. The van der Waals surface area contributed by atoms with Crippen molar-refractivity contribution < 1.29 is 9.13 Å². The van der Waals surface area contributed by atoms with Crippen LogP contribution in [-0.4, -0.2) is 20.2 Å². The van der Waals surface area contributed by atoms with Crippen molar-refractivity contribution in [3.05, 3.63) is 35.6 Å². The van der Waals surface area contributed by atoms with Crippen molar-refractivity contribution in [2.75, 3.05) is 20.2 Å². The molecule has 18 heavy (non-hydrogen) atoms. The Labute approximate surface area is 110 Å². The van der Waals surface area contributed by atoms with Gasteiger partial charge in [0.15, 0.2) is 0 Å². The third-order valence-electron chi connectivity index (χ3n) is 2.96. The van der Waals surface area contributed by atoms with E-state index in [0.717, 1.165) is 6.42 Å². The van der Waals surface area contributed by atoms with E-state index in [1.54, 1.807) is 12.1 Å². The normalized spacial score (nSPS) is 12.6. The second kappa shape index (κ2) is 9.06. The van der Waals surface area contributed by atoms with E-state index in [9.17, 15) is 4.39 Å². The lowest BCUT2D eigenvalue weighted by Crippen LogP contribution is -2.21. The molecule has 0 aliphatic rings. The van der Waals surface area contributed by atoms with Gasteiger partial charge in [-0.3, -0.25) is 0 Å². The van der Waals surface area contributed by atoms with Gasteiger partial charge in [0.2, 0.25) is 0 Å². The minimum atomic E-state index is -0.196. The Balaban J connectivity index is 2.47. The first kappa shape index (κ1) is 15.1. The Hall–Kier alpha value is -0.930. The molecule has 1 N–H and O–H groups in total. The summed E-state index contributed by atoms with van der Waals surface area (Å²) < 4.78 is 19.5. The van der Waals surface area contributed by atoms with Gasteiger partial charge in [0.1, 0.15) is 5.82 Å². The average Bonchev–Trinajstić information content (AvgIpc) is 2.38. The van der Waals surface area contributed by atoms with Crippen molar-refractivity contribution in [2.24, 2.45) is 0 Å².